The van der Waals surface area contributed by atoms with Gasteiger partial charge in [0.15, 0.2) is 11.6 Å². The zero-order valence-corrected chi connectivity index (χ0v) is 11.6. The van der Waals surface area contributed by atoms with Gasteiger partial charge >= 0.3 is 0 Å². The van der Waals surface area contributed by atoms with Gasteiger partial charge in [-0.3, -0.25) is 9.78 Å². The van der Waals surface area contributed by atoms with Gasteiger partial charge in [-0.05, 0) is 37.8 Å². The normalized spacial score (nSPS) is 25.6. The highest BCUT2D eigenvalue weighted by Crippen LogP contribution is 2.41. The molecule has 0 bridgehead atoms. The molecular formula is C16H20FNO2. The third-order valence-electron chi connectivity index (χ3n) is 4.62. The fourth-order valence-corrected chi connectivity index (χ4v) is 3.56. The van der Waals surface area contributed by atoms with Gasteiger partial charge in [0.05, 0.1) is 5.60 Å². The Kier molecular flexibility index (Phi) is 3.83. The number of ether oxygens (including phenoxy) is 1. The van der Waals surface area contributed by atoms with Crippen molar-refractivity contribution in [2.45, 2.75) is 50.5 Å². The van der Waals surface area contributed by atoms with E-state index in [9.17, 15) is 9.18 Å². The van der Waals surface area contributed by atoms with Crippen LogP contribution in [0.25, 0.3) is 0 Å². The van der Waals surface area contributed by atoms with Crippen LogP contribution in [0.3, 0.4) is 0 Å². The first kappa shape index (κ1) is 13.7. The summed E-state index contributed by atoms with van der Waals surface area (Å²) in [5.41, 5.74) is -0.146. The molecule has 1 aromatic rings. The number of pyridine rings is 1. The van der Waals surface area contributed by atoms with Gasteiger partial charge in [-0.25, -0.2) is 4.39 Å². The minimum atomic E-state index is -0.512. The number of hydrogen-bond donors (Lipinski definition) is 0. The summed E-state index contributed by atoms with van der Waals surface area (Å²) >= 11 is 0. The molecule has 1 aliphatic heterocycles. The summed E-state index contributed by atoms with van der Waals surface area (Å²) in [5, 5.41) is 0. The van der Waals surface area contributed by atoms with Crippen LogP contribution >= 0.6 is 0 Å². The van der Waals surface area contributed by atoms with Gasteiger partial charge in [0.25, 0.3) is 0 Å². The molecule has 1 saturated carbocycles. The van der Waals surface area contributed by atoms with Crippen LogP contribution in [0.5, 0.6) is 0 Å². The molecule has 1 unspecified atom stereocenters. The Labute approximate surface area is 118 Å². The third-order valence-corrected chi connectivity index (χ3v) is 4.62. The van der Waals surface area contributed by atoms with Gasteiger partial charge in [-0.1, -0.05) is 19.3 Å². The predicted molar refractivity (Wildman–Crippen MR) is 73.0 cm³/mol. The number of carbonyl (C=O) groups excluding carboxylic acids is 1. The van der Waals surface area contributed by atoms with E-state index < -0.39 is 5.82 Å². The van der Waals surface area contributed by atoms with Crippen LogP contribution in [0.15, 0.2) is 18.3 Å². The Balaban J connectivity index is 1.77. The summed E-state index contributed by atoms with van der Waals surface area (Å²) in [6.45, 7) is 0.602. The van der Waals surface area contributed by atoms with Crippen molar-refractivity contribution in [1.29, 1.82) is 0 Å². The SMILES string of the molecule is O=C(c1ncccc1F)C1CCOC2(CCCCC2)C1. The minimum absolute atomic E-state index is 0.00893. The molecule has 3 nitrogen and oxygen atoms in total. The van der Waals surface area contributed by atoms with E-state index in [4.69, 9.17) is 4.74 Å². The number of carbonyl (C=O) groups is 1. The lowest BCUT2D eigenvalue weighted by molar-refractivity contribution is -0.111. The minimum Gasteiger partial charge on any atom is -0.375 e. The van der Waals surface area contributed by atoms with E-state index in [-0.39, 0.29) is 23.0 Å². The molecule has 108 valence electrons. The zero-order chi connectivity index (χ0) is 14.0. The van der Waals surface area contributed by atoms with Crippen molar-refractivity contribution in [3.8, 4) is 0 Å². The molecule has 0 N–H and O–H groups in total. The molecule has 1 saturated heterocycles. The second-order valence-corrected chi connectivity index (χ2v) is 5.98. The molecule has 2 fully saturated rings. The van der Waals surface area contributed by atoms with Crippen molar-refractivity contribution in [3.05, 3.63) is 29.8 Å². The third kappa shape index (κ3) is 2.62. The number of rotatable bonds is 2. The number of ketones is 1. The molecule has 1 atom stereocenters. The fourth-order valence-electron chi connectivity index (χ4n) is 3.56. The molecule has 1 aliphatic carbocycles. The van der Waals surface area contributed by atoms with Gasteiger partial charge < -0.3 is 4.74 Å². The first-order valence-corrected chi connectivity index (χ1v) is 7.49. The van der Waals surface area contributed by atoms with E-state index in [2.05, 4.69) is 4.98 Å². The zero-order valence-electron chi connectivity index (χ0n) is 11.6. The number of Topliss-reactive ketones (excluding diaryl/α,β-unsaturated/α-hetero) is 1. The fraction of sp³-hybridized carbons (Fsp3) is 0.625. The number of halogens is 1. The Bertz CT molecular complexity index is 491. The highest BCUT2D eigenvalue weighted by Gasteiger charge is 2.41. The lowest BCUT2D eigenvalue weighted by atomic mass is 9.74. The molecular weight excluding hydrogens is 257 g/mol. The molecule has 3 rings (SSSR count). The number of hydrogen-bond acceptors (Lipinski definition) is 3. The van der Waals surface area contributed by atoms with Crippen molar-refractivity contribution >= 4 is 5.78 Å². The van der Waals surface area contributed by atoms with Crippen LogP contribution in [0.4, 0.5) is 4.39 Å². The summed E-state index contributed by atoms with van der Waals surface area (Å²) in [6.07, 6.45) is 8.52. The first-order valence-electron chi connectivity index (χ1n) is 7.49. The van der Waals surface area contributed by atoms with Gasteiger partial charge in [0.1, 0.15) is 5.69 Å². The standard InChI is InChI=1S/C16H20FNO2/c17-13-5-4-9-18-14(13)15(19)12-6-10-20-16(11-12)7-2-1-3-8-16/h4-5,9,12H,1-3,6-8,10-11H2. The number of aromatic nitrogens is 1. The Morgan fingerprint density at radius 1 is 1.35 bits per heavy atom. The average Bonchev–Trinajstić information content (AvgIpc) is 2.48. The topological polar surface area (TPSA) is 39.2 Å². The van der Waals surface area contributed by atoms with Gasteiger partial charge in [0.2, 0.25) is 0 Å². The molecule has 1 spiro atoms. The molecule has 2 heterocycles. The second-order valence-electron chi connectivity index (χ2n) is 5.98. The maximum absolute atomic E-state index is 13.7. The van der Waals surface area contributed by atoms with Crippen LogP contribution < -0.4 is 0 Å². The van der Waals surface area contributed by atoms with Gasteiger partial charge in [-0.2, -0.15) is 0 Å². The molecule has 2 aliphatic rings. The summed E-state index contributed by atoms with van der Waals surface area (Å²) in [4.78, 5) is 16.4. The molecule has 1 aromatic heterocycles. The van der Waals surface area contributed by atoms with E-state index >= 15 is 0 Å². The van der Waals surface area contributed by atoms with E-state index in [0.29, 0.717) is 13.0 Å². The Morgan fingerprint density at radius 2 is 2.15 bits per heavy atom. The quantitative estimate of drug-likeness (QED) is 0.776. The highest BCUT2D eigenvalue weighted by molar-refractivity contribution is 5.96. The van der Waals surface area contributed by atoms with E-state index in [1.807, 2.05) is 0 Å². The van der Waals surface area contributed by atoms with Crippen LogP contribution in [-0.4, -0.2) is 23.0 Å². The first-order chi connectivity index (χ1) is 9.70. The van der Waals surface area contributed by atoms with Gasteiger partial charge in [0, 0.05) is 18.7 Å². The maximum atomic E-state index is 13.7. The van der Waals surface area contributed by atoms with Gasteiger partial charge in [-0.15, -0.1) is 0 Å². The van der Waals surface area contributed by atoms with E-state index in [1.165, 1.54) is 37.6 Å². The molecule has 0 aromatic carbocycles. The van der Waals surface area contributed by atoms with Crippen LogP contribution in [0.2, 0.25) is 0 Å². The highest BCUT2D eigenvalue weighted by atomic mass is 19.1. The Hall–Kier alpha value is -1.29. The molecule has 4 heteroatoms. The van der Waals surface area contributed by atoms with Crippen molar-refractivity contribution in [1.82, 2.24) is 4.98 Å². The summed E-state index contributed by atoms with van der Waals surface area (Å²) in [5.74, 6) is -0.815. The molecule has 20 heavy (non-hydrogen) atoms. The van der Waals surface area contributed by atoms with Crippen molar-refractivity contribution in [3.63, 3.8) is 0 Å². The maximum Gasteiger partial charge on any atom is 0.187 e. The van der Waals surface area contributed by atoms with E-state index in [1.54, 1.807) is 0 Å². The molecule has 0 radical (unpaired) electrons. The summed E-state index contributed by atoms with van der Waals surface area (Å²) in [7, 11) is 0. The summed E-state index contributed by atoms with van der Waals surface area (Å²) in [6, 6.07) is 2.81. The van der Waals surface area contributed by atoms with E-state index in [0.717, 1.165) is 19.3 Å². The lowest BCUT2D eigenvalue weighted by Crippen LogP contribution is -2.43. The van der Waals surface area contributed by atoms with Crippen molar-refractivity contribution in [2.24, 2.45) is 5.92 Å². The van der Waals surface area contributed by atoms with Crippen LogP contribution in [-0.2, 0) is 4.74 Å². The largest absolute Gasteiger partial charge is 0.375 e. The van der Waals surface area contributed by atoms with Crippen molar-refractivity contribution in [2.75, 3.05) is 6.61 Å². The Morgan fingerprint density at radius 3 is 2.90 bits per heavy atom. The van der Waals surface area contributed by atoms with Crippen LogP contribution in [0.1, 0.15) is 55.4 Å². The lowest BCUT2D eigenvalue weighted by Gasteiger charge is -2.43. The smallest absolute Gasteiger partial charge is 0.187 e. The molecule has 0 amide bonds. The predicted octanol–water partition coefficient (Wildman–Crippen LogP) is 3.53. The number of nitrogens with zero attached hydrogens (tertiary/aromatic N) is 1. The second kappa shape index (κ2) is 5.60. The average molecular weight is 277 g/mol. The van der Waals surface area contributed by atoms with Crippen molar-refractivity contribution < 1.29 is 13.9 Å². The monoisotopic (exact) mass is 277 g/mol. The van der Waals surface area contributed by atoms with Crippen LogP contribution in [0, 0.1) is 11.7 Å². The summed E-state index contributed by atoms with van der Waals surface area (Å²) < 4.78 is 19.7.